The van der Waals surface area contributed by atoms with Gasteiger partial charge in [-0.3, -0.25) is 29.1 Å². The molecule has 6 aromatic carbocycles. The van der Waals surface area contributed by atoms with Gasteiger partial charge in [0.1, 0.15) is 71.8 Å². The Kier molecular flexibility index (Phi) is 16.1. The number of ether oxygens (including phenoxy) is 2. The van der Waals surface area contributed by atoms with E-state index in [9.17, 15) is 90.7 Å². The zero-order valence-corrected chi connectivity index (χ0v) is 51.0. The van der Waals surface area contributed by atoms with E-state index >= 15 is 0 Å². The van der Waals surface area contributed by atoms with E-state index in [4.69, 9.17) is 9.47 Å². The summed E-state index contributed by atoms with van der Waals surface area (Å²) in [6.45, 7) is -2.03. The van der Waals surface area contributed by atoms with Gasteiger partial charge >= 0.3 is 0 Å². The highest BCUT2D eigenvalue weighted by molar-refractivity contribution is 6.41. The number of rotatable bonds is 12. The Morgan fingerprint density at radius 3 is 1.12 bits per heavy atom. The van der Waals surface area contributed by atoms with E-state index in [1.807, 2.05) is 0 Å². The summed E-state index contributed by atoms with van der Waals surface area (Å²) >= 11 is 0. The van der Waals surface area contributed by atoms with Gasteiger partial charge in [0.2, 0.25) is 0 Å². The molecule has 30 nitrogen and oxygen atoms in total. The summed E-state index contributed by atoms with van der Waals surface area (Å²) in [5, 5.41) is 151. The quantitative estimate of drug-likeness (QED) is 0.0781. The first kappa shape index (κ1) is 64.4. The average molecular weight is 1350 g/mol. The molecule has 97 heavy (non-hydrogen) atoms. The van der Waals surface area contributed by atoms with Crippen LogP contribution in [0.1, 0.15) is 76.7 Å². The number of amides is 4. The fraction of sp³-hybridized carbons (Fsp3) is 0.242. The smallest absolute Gasteiger partial charge is 0.276 e. The van der Waals surface area contributed by atoms with Crippen molar-refractivity contribution in [3.63, 3.8) is 0 Å². The summed E-state index contributed by atoms with van der Waals surface area (Å²) in [7, 11) is 0. The zero-order valence-electron chi connectivity index (χ0n) is 50.2. The molecule has 10 heterocycles. The number of phenols is 4. The molecule has 4 amide bonds. The molecule has 12 aromatic rings. The number of hydrogen-bond acceptors (Lipinski definition) is 24. The third-order valence-corrected chi connectivity index (χ3v) is 18.3. The molecule has 0 aliphatic carbocycles. The lowest BCUT2D eigenvalue weighted by Gasteiger charge is -2.41. The van der Waals surface area contributed by atoms with Gasteiger partial charge in [0.25, 0.3) is 23.6 Å². The number of aromatic hydroxyl groups is 4. The van der Waals surface area contributed by atoms with Gasteiger partial charge in [0, 0.05) is 67.4 Å². The van der Waals surface area contributed by atoms with Crippen LogP contribution in [0.2, 0.25) is 0 Å². The molecule has 4 aliphatic rings. The highest BCUT2D eigenvalue weighted by Crippen LogP contribution is 2.51. The first-order valence-electron chi connectivity index (χ1n) is 30.2. The highest BCUT2D eigenvalue weighted by atomic mass is 35.5. The summed E-state index contributed by atoms with van der Waals surface area (Å²) in [5.74, 6) is -3.20. The second kappa shape index (κ2) is 24.3. The number of fused-ring (bicyclic) bond motifs is 20. The largest absolute Gasteiger partial charge is 0.508 e. The number of aromatic amines is 2. The standard InChI is InChI=1S/2C33H29N5O10.ClH/c2*39-11-14-3-1-2-13(35-14)10-34-38-31(46)24-22-17-6-4-15(41)8-19(17)36-26(22)27-23(25(24)32(38)47)18-7-5-16(42)9-20(18)37(27)33-30(45)29(44)28(43)21(12-40)48-33;/h2*1-9,21,28-30,33-34,36,39-45H,10-12H2;1H. The number of H-pyrrole nitrogens is 2. The molecular formula is C66H59ClN10O20. The molecule has 6 aromatic heterocycles. The lowest BCUT2D eigenvalue weighted by Crippen LogP contribution is -2.56. The van der Waals surface area contributed by atoms with Gasteiger partial charge < -0.3 is 100 Å². The van der Waals surface area contributed by atoms with Crippen LogP contribution >= 0.6 is 12.4 Å². The zero-order chi connectivity index (χ0) is 67.2. The molecule has 18 N–H and O–H groups in total. The van der Waals surface area contributed by atoms with E-state index in [2.05, 4.69) is 30.8 Å². The van der Waals surface area contributed by atoms with Crippen LogP contribution in [0, 0.1) is 0 Å². The molecule has 2 saturated heterocycles. The van der Waals surface area contributed by atoms with Crippen molar-refractivity contribution in [1.82, 2.24) is 49.9 Å². The summed E-state index contributed by atoms with van der Waals surface area (Å²) in [6, 6.07) is 27.6. The van der Waals surface area contributed by atoms with E-state index < -0.39 is 98.1 Å². The predicted molar refractivity (Wildman–Crippen MR) is 345 cm³/mol. The fourth-order valence-corrected chi connectivity index (χ4v) is 14.0. The number of nitrogens with zero attached hydrogens (tertiary/aromatic N) is 6. The number of aromatic nitrogens is 6. The van der Waals surface area contributed by atoms with Crippen molar-refractivity contribution in [2.45, 2.75) is 87.6 Å². The molecule has 4 aliphatic heterocycles. The fourth-order valence-electron chi connectivity index (χ4n) is 14.0. The van der Waals surface area contributed by atoms with Crippen LogP contribution in [0.5, 0.6) is 23.0 Å². The molecule has 0 spiro atoms. The van der Waals surface area contributed by atoms with Crippen LogP contribution in [0.15, 0.2) is 109 Å². The van der Waals surface area contributed by atoms with Crippen LogP contribution < -0.4 is 10.9 Å². The number of carbonyl (C=O) groups excluding carboxylic acids is 4. The van der Waals surface area contributed by atoms with Crippen molar-refractivity contribution in [3.05, 3.63) is 154 Å². The van der Waals surface area contributed by atoms with Crippen molar-refractivity contribution in [2.75, 3.05) is 13.2 Å². The summed E-state index contributed by atoms with van der Waals surface area (Å²) in [6.07, 6.45) is -15.7. The van der Waals surface area contributed by atoms with Crippen molar-refractivity contribution >= 4 is 123 Å². The summed E-state index contributed by atoms with van der Waals surface area (Å²) < 4.78 is 14.9. The van der Waals surface area contributed by atoms with E-state index in [0.717, 1.165) is 10.0 Å². The number of aliphatic hydroxyl groups excluding tert-OH is 10. The first-order valence-corrected chi connectivity index (χ1v) is 30.2. The van der Waals surface area contributed by atoms with Gasteiger partial charge in [0.15, 0.2) is 12.5 Å². The number of aliphatic hydroxyl groups is 10. The van der Waals surface area contributed by atoms with Crippen LogP contribution in [-0.2, 0) is 35.8 Å². The van der Waals surface area contributed by atoms with Gasteiger partial charge in [-0.25, -0.2) is 20.9 Å². The number of halogens is 1. The SMILES string of the molecule is Cl.O=C1c2c(c3c4ccc(O)cc4n(C4OC(CO)C(O)C(O)C4O)c3c3[nH]c4cc(O)ccc4c23)C(=O)N1NCc1cccc(CO)n1.O=C1c2c(c3c4ccc(O)cc4n(C4OC(CO)C(O)C(O)C4O)c3c3[nH]c4cc(O)ccc4c23)C(=O)N1NCc1cccc(CO)n1. The van der Waals surface area contributed by atoms with Crippen molar-refractivity contribution in [3.8, 4) is 23.0 Å². The number of phenolic OH excluding ortho intramolecular Hbond substituents is 4. The Balaban J connectivity index is 0.000000165. The number of benzene rings is 6. The highest BCUT2D eigenvalue weighted by Gasteiger charge is 2.50. The van der Waals surface area contributed by atoms with Gasteiger partial charge in [-0.2, -0.15) is 0 Å². The monoisotopic (exact) mass is 1350 g/mol. The molecule has 500 valence electrons. The molecule has 0 saturated carbocycles. The van der Waals surface area contributed by atoms with Crippen LogP contribution in [0.4, 0.5) is 0 Å². The van der Waals surface area contributed by atoms with Gasteiger partial charge in [-0.05, 0) is 72.8 Å². The van der Waals surface area contributed by atoms with Gasteiger partial charge in [0.05, 0.1) is 129 Å². The van der Waals surface area contributed by atoms with Crippen molar-refractivity contribution in [2.24, 2.45) is 0 Å². The minimum Gasteiger partial charge on any atom is -0.508 e. The van der Waals surface area contributed by atoms with Crippen LogP contribution in [-0.4, -0.2) is 196 Å². The summed E-state index contributed by atoms with van der Waals surface area (Å²) in [5.41, 5.74) is 10.1. The van der Waals surface area contributed by atoms with Gasteiger partial charge in [-0.1, -0.05) is 12.1 Å². The number of imide groups is 2. The predicted octanol–water partition coefficient (Wildman–Crippen LogP) is 2.42. The Hall–Kier alpha value is -9.97. The Bertz CT molecular complexity index is 4960. The Morgan fingerprint density at radius 2 is 0.763 bits per heavy atom. The minimum atomic E-state index is -1.74. The van der Waals surface area contributed by atoms with Crippen molar-refractivity contribution < 1.29 is 100 Å². The molecule has 16 rings (SSSR count). The summed E-state index contributed by atoms with van der Waals surface area (Å²) in [4.78, 5) is 72.4. The molecule has 0 radical (unpaired) electrons. The van der Waals surface area contributed by atoms with Crippen LogP contribution in [0.3, 0.4) is 0 Å². The third-order valence-electron chi connectivity index (χ3n) is 18.3. The van der Waals surface area contributed by atoms with E-state index in [-0.39, 0.29) is 117 Å². The van der Waals surface area contributed by atoms with E-state index in [1.165, 1.54) is 57.7 Å². The molecule has 10 unspecified atom stereocenters. The lowest BCUT2D eigenvalue weighted by atomic mass is 9.96. The van der Waals surface area contributed by atoms with E-state index in [0.29, 0.717) is 77.2 Å². The first-order chi connectivity index (χ1) is 46.2. The van der Waals surface area contributed by atoms with Gasteiger partial charge in [-0.15, -0.1) is 12.4 Å². The molecular weight excluding hydrogens is 1290 g/mol. The second-order valence-electron chi connectivity index (χ2n) is 23.9. The Labute approximate surface area is 549 Å². The lowest BCUT2D eigenvalue weighted by molar-refractivity contribution is -0.249. The maximum absolute atomic E-state index is 14.4. The minimum absolute atomic E-state index is 0. The maximum Gasteiger partial charge on any atom is 0.276 e. The molecule has 31 heteroatoms. The van der Waals surface area contributed by atoms with Crippen LogP contribution in [0.25, 0.3) is 87.2 Å². The normalized spacial score (nSPS) is 22.7. The topological polar surface area (TPSA) is 468 Å². The van der Waals surface area contributed by atoms with E-state index in [1.54, 1.807) is 60.7 Å². The maximum atomic E-state index is 14.4. The molecule has 0 bridgehead atoms. The number of hydrogen-bond donors (Lipinski definition) is 18. The number of pyridine rings is 2. The Morgan fingerprint density at radius 1 is 0.423 bits per heavy atom. The average Bonchev–Trinajstić information content (AvgIpc) is 1.53. The second-order valence-corrected chi connectivity index (χ2v) is 23.9. The number of carbonyl (C=O) groups is 4. The number of nitrogens with one attached hydrogen (secondary N) is 4. The number of hydrazine groups is 2. The molecule has 2 fully saturated rings. The third kappa shape index (κ3) is 9.87. The molecule has 10 atom stereocenters. The van der Waals surface area contributed by atoms with Crippen molar-refractivity contribution in [1.29, 1.82) is 0 Å².